The first kappa shape index (κ1) is 13.1. The van der Waals surface area contributed by atoms with Crippen LogP contribution in [0.25, 0.3) is 11.3 Å². The fraction of sp³-hybridized carbons (Fsp3) is 0. The Bertz CT molecular complexity index is 754. The summed E-state index contributed by atoms with van der Waals surface area (Å²) in [7, 11) is 0. The SMILES string of the molecule is O=Cc1ccccc1-c1ncccc1Oc1ccccc1. The topological polar surface area (TPSA) is 39.2 Å². The lowest BCUT2D eigenvalue weighted by Gasteiger charge is -2.11. The molecule has 0 bridgehead atoms. The van der Waals surface area contributed by atoms with Crippen molar-refractivity contribution < 1.29 is 9.53 Å². The molecule has 3 heteroatoms. The number of hydrogen-bond donors (Lipinski definition) is 0. The molecule has 21 heavy (non-hydrogen) atoms. The summed E-state index contributed by atoms with van der Waals surface area (Å²) in [5.41, 5.74) is 2.01. The normalized spacial score (nSPS) is 10.1. The molecule has 0 saturated heterocycles. The Morgan fingerprint density at radius 3 is 2.43 bits per heavy atom. The van der Waals surface area contributed by atoms with Gasteiger partial charge in [0, 0.05) is 17.3 Å². The van der Waals surface area contributed by atoms with Gasteiger partial charge in [-0.25, -0.2) is 0 Å². The van der Waals surface area contributed by atoms with Gasteiger partial charge in [0.05, 0.1) is 0 Å². The molecule has 0 fully saturated rings. The molecule has 1 aromatic heterocycles. The van der Waals surface area contributed by atoms with Gasteiger partial charge >= 0.3 is 0 Å². The number of carbonyl (C=O) groups excluding carboxylic acids is 1. The molecule has 0 atom stereocenters. The summed E-state index contributed by atoms with van der Waals surface area (Å²) in [6.07, 6.45) is 2.52. The third-order valence-electron chi connectivity index (χ3n) is 3.08. The lowest BCUT2D eigenvalue weighted by molar-refractivity contribution is 0.112. The van der Waals surface area contributed by atoms with Gasteiger partial charge in [-0.05, 0) is 24.3 Å². The van der Waals surface area contributed by atoms with E-state index in [1.54, 1.807) is 12.3 Å². The maximum absolute atomic E-state index is 11.2. The highest BCUT2D eigenvalue weighted by atomic mass is 16.5. The molecule has 0 spiro atoms. The first-order valence-electron chi connectivity index (χ1n) is 6.61. The van der Waals surface area contributed by atoms with E-state index in [9.17, 15) is 4.79 Å². The van der Waals surface area contributed by atoms with E-state index in [4.69, 9.17) is 4.74 Å². The zero-order valence-electron chi connectivity index (χ0n) is 11.3. The minimum Gasteiger partial charge on any atom is -0.455 e. The van der Waals surface area contributed by atoms with E-state index in [1.165, 1.54) is 0 Å². The summed E-state index contributed by atoms with van der Waals surface area (Å²) in [6.45, 7) is 0. The summed E-state index contributed by atoms with van der Waals surface area (Å²) in [4.78, 5) is 15.6. The van der Waals surface area contributed by atoms with Gasteiger partial charge in [0.25, 0.3) is 0 Å². The molecule has 1 heterocycles. The second kappa shape index (κ2) is 6.01. The van der Waals surface area contributed by atoms with Crippen LogP contribution in [-0.2, 0) is 0 Å². The van der Waals surface area contributed by atoms with Gasteiger partial charge in [0.2, 0.25) is 0 Å². The lowest BCUT2D eigenvalue weighted by atomic mass is 10.0. The van der Waals surface area contributed by atoms with Gasteiger partial charge in [-0.2, -0.15) is 0 Å². The highest BCUT2D eigenvalue weighted by Gasteiger charge is 2.11. The second-order valence-electron chi connectivity index (χ2n) is 4.47. The van der Waals surface area contributed by atoms with E-state index in [0.717, 1.165) is 17.6 Å². The number of nitrogens with zero attached hydrogens (tertiary/aromatic N) is 1. The van der Waals surface area contributed by atoms with E-state index in [1.807, 2.05) is 60.7 Å². The summed E-state index contributed by atoms with van der Waals surface area (Å²) in [5, 5.41) is 0. The highest BCUT2D eigenvalue weighted by molar-refractivity contribution is 5.87. The van der Waals surface area contributed by atoms with Gasteiger partial charge in [-0.15, -0.1) is 0 Å². The molecule has 0 aliphatic carbocycles. The minimum absolute atomic E-state index is 0.592. The van der Waals surface area contributed by atoms with Crippen molar-refractivity contribution in [3.8, 4) is 22.8 Å². The predicted octanol–water partition coefficient (Wildman–Crippen LogP) is 4.35. The van der Waals surface area contributed by atoms with Crippen molar-refractivity contribution in [3.63, 3.8) is 0 Å². The summed E-state index contributed by atoms with van der Waals surface area (Å²) < 4.78 is 5.88. The molecule has 2 aromatic carbocycles. The molecule has 0 amide bonds. The Labute approximate surface area is 122 Å². The maximum Gasteiger partial charge on any atom is 0.153 e. The van der Waals surface area contributed by atoms with Crippen molar-refractivity contribution in [3.05, 3.63) is 78.5 Å². The monoisotopic (exact) mass is 275 g/mol. The Morgan fingerprint density at radius 2 is 1.62 bits per heavy atom. The average Bonchev–Trinajstić information content (AvgIpc) is 2.56. The fourth-order valence-electron chi connectivity index (χ4n) is 2.11. The summed E-state index contributed by atoms with van der Waals surface area (Å²) >= 11 is 0. The van der Waals surface area contributed by atoms with Crippen LogP contribution in [-0.4, -0.2) is 11.3 Å². The Morgan fingerprint density at radius 1 is 0.857 bits per heavy atom. The number of rotatable bonds is 4. The third kappa shape index (κ3) is 2.82. The molecule has 0 unspecified atom stereocenters. The Hall–Kier alpha value is -2.94. The average molecular weight is 275 g/mol. The first-order chi connectivity index (χ1) is 10.4. The van der Waals surface area contributed by atoms with Crippen LogP contribution in [0.15, 0.2) is 72.9 Å². The van der Waals surface area contributed by atoms with Crippen LogP contribution in [0, 0.1) is 0 Å². The number of carbonyl (C=O) groups is 1. The number of benzene rings is 2. The third-order valence-corrected chi connectivity index (χ3v) is 3.08. The summed E-state index contributed by atoms with van der Waals surface area (Å²) in [6, 6.07) is 20.5. The van der Waals surface area contributed by atoms with Crippen molar-refractivity contribution in [1.29, 1.82) is 0 Å². The van der Waals surface area contributed by atoms with Crippen molar-refractivity contribution in [2.24, 2.45) is 0 Å². The number of para-hydroxylation sites is 1. The fourth-order valence-corrected chi connectivity index (χ4v) is 2.11. The molecule has 0 saturated carbocycles. The zero-order valence-corrected chi connectivity index (χ0v) is 11.3. The largest absolute Gasteiger partial charge is 0.455 e. The lowest BCUT2D eigenvalue weighted by Crippen LogP contribution is -1.94. The minimum atomic E-state index is 0.592. The quantitative estimate of drug-likeness (QED) is 0.664. The molecular weight excluding hydrogens is 262 g/mol. The smallest absolute Gasteiger partial charge is 0.153 e. The van der Waals surface area contributed by atoms with E-state index in [0.29, 0.717) is 17.0 Å². The first-order valence-corrected chi connectivity index (χ1v) is 6.61. The van der Waals surface area contributed by atoms with Crippen molar-refractivity contribution >= 4 is 6.29 Å². The van der Waals surface area contributed by atoms with Gasteiger partial charge < -0.3 is 4.74 Å². The van der Waals surface area contributed by atoms with Crippen molar-refractivity contribution in [1.82, 2.24) is 4.98 Å². The van der Waals surface area contributed by atoms with Crippen molar-refractivity contribution in [2.75, 3.05) is 0 Å². The van der Waals surface area contributed by atoms with Gasteiger partial charge in [-0.1, -0.05) is 42.5 Å². The number of pyridine rings is 1. The van der Waals surface area contributed by atoms with Crippen LogP contribution in [0.2, 0.25) is 0 Å². The standard InChI is InChI=1S/C18H13NO2/c20-13-14-7-4-5-10-16(14)18-17(11-6-12-19-18)21-15-8-2-1-3-9-15/h1-13H. The highest BCUT2D eigenvalue weighted by Crippen LogP contribution is 2.32. The number of aldehydes is 1. The van der Waals surface area contributed by atoms with Crippen LogP contribution in [0.5, 0.6) is 11.5 Å². The molecule has 3 rings (SSSR count). The number of hydrogen-bond acceptors (Lipinski definition) is 3. The van der Waals surface area contributed by atoms with Gasteiger partial charge in [0.1, 0.15) is 11.4 Å². The number of ether oxygens (including phenoxy) is 1. The van der Waals surface area contributed by atoms with E-state index in [2.05, 4.69) is 4.98 Å². The van der Waals surface area contributed by atoms with Crippen LogP contribution >= 0.6 is 0 Å². The molecule has 3 nitrogen and oxygen atoms in total. The number of aromatic nitrogens is 1. The molecule has 0 aliphatic rings. The Kier molecular flexibility index (Phi) is 3.74. The Balaban J connectivity index is 2.06. The molecule has 0 aliphatic heterocycles. The van der Waals surface area contributed by atoms with Crippen LogP contribution < -0.4 is 4.74 Å². The van der Waals surface area contributed by atoms with Crippen molar-refractivity contribution in [2.45, 2.75) is 0 Å². The van der Waals surface area contributed by atoms with Crippen LogP contribution in [0.3, 0.4) is 0 Å². The van der Waals surface area contributed by atoms with E-state index >= 15 is 0 Å². The van der Waals surface area contributed by atoms with Crippen LogP contribution in [0.4, 0.5) is 0 Å². The van der Waals surface area contributed by atoms with Gasteiger partial charge in [-0.3, -0.25) is 9.78 Å². The van der Waals surface area contributed by atoms with Crippen LogP contribution in [0.1, 0.15) is 10.4 Å². The predicted molar refractivity (Wildman–Crippen MR) is 81.6 cm³/mol. The van der Waals surface area contributed by atoms with E-state index < -0.39 is 0 Å². The molecule has 0 N–H and O–H groups in total. The maximum atomic E-state index is 11.2. The molecular formula is C18H13NO2. The molecule has 3 aromatic rings. The zero-order chi connectivity index (χ0) is 14.5. The molecule has 102 valence electrons. The summed E-state index contributed by atoms with van der Waals surface area (Å²) in [5.74, 6) is 1.35. The second-order valence-corrected chi connectivity index (χ2v) is 4.47. The van der Waals surface area contributed by atoms with E-state index in [-0.39, 0.29) is 0 Å². The van der Waals surface area contributed by atoms with Gasteiger partial charge in [0.15, 0.2) is 12.0 Å². The molecule has 0 radical (unpaired) electrons.